The van der Waals surface area contributed by atoms with Crippen LogP contribution in [0.3, 0.4) is 0 Å². The van der Waals surface area contributed by atoms with E-state index in [-0.39, 0.29) is 5.91 Å². The minimum Gasteiger partial charge on any atom is -0.356 e. The fourth-order valence-electron chi connectivity index (χ4n) is 1.12. The van der Waals surface area contributed by atoms with Gasteiger partial charge in [0, 0.05) is 20.0 Å². The van der Waals surface area contributed by atoms with Gasteiger partial charge >= 0.3 is 0 Å². The molecule has 88 valence electrons. The Balaban J connectivity index is 3.68. The molecule has 4 nitrogen and oxygen atoms in total. The van der Waals surface area contributed by atoms with Crippen molar-refractivity contribution in [2.24, 2.45) is 10.9 Å². The van der Waals surface area contributed by atoms with Crippen LogP contribution in [0.1, 0.15) is 40.0 Å². The highest BCUT2D eigenvalue weighted by Gasteiger charge is 2.01. The van der Waals surface area contributed by atoms with Gasteiger partial charge in [0.1, 0.15) is 0 Å². The third kappa shape index (κ3) is 7.97. The molecule has 0 spiro atoms. The van der Waals surface area contributed by atoms with E-state index in [4.69, 9.17) is 0 Å². The lowest BCUT2D eigenvalue weighted by Gasteiger charge is -2.10. The first-order valence-electron chi connectivity index (χ1n) is 5.60. The smallest absolute Gasteiger partial charge is 0.226 e. The molecule has 1 amide bonds. The van der Waals surface area contributed by atoms with Crippen molar-refractivity contribution in [2.75, 3.05) is 13.6 Å². The molecular formula is C11H23N3O. The Bertz CT molecular complexity index is 212. The molecule has 0 unspecified atom stereocenters. The Labute approximate surface area is 92.5 Å². The molecule has 15 heavy (non-hydrogen) atoms. The number of nitrogens with zero attached hydrogens (tertiary/aromatic N) is 1. The van der Waals surface area contributed by atoms with Crippen LogP contribution in [-0.2, 0) is 4.79 Å². The van der Waals surface area contributed by atoms with Crippen LogP contribution in [0.4, 0.5) is 0 Å². The topological polar surface area (TPSA) is 53.5 Å². The van der Waals surface area contributed by atoms with Crippen molar-refractivity contribution in [3.63, 3.8) is 0 Å². The van der Waals surface area contributed by atoms with E-state index in [9.17, 15) is 4.79 Å². The molecule has 4 heteroatoms. The fourth-order valence-corrected chi connectivity index (χ4v) is 1.12. The molecule has 0 heterocycles. The summed E-state index contributed by atoms with van der Waals surface area (Å²) in [6.45, 7) is 7.08. The number of carbonyl (C=O) groups excluding carboxylic acids is 1. The summed E-state index contributed by atoms with van der Waals surface area (Å²) >= 11 is 0. The van der Waals surface area contributed by atoms with Gasteiger partial charge < -0.3 is 5.32 Å². The largest absolute Gasteiger partial charge is 0.356 e. The highest BCUT2D eigenvalue weighted by atomic mass is 16.1. The second-order valence-electron chi connectivity index (χ2n) is 3.94. The number of aliphatic imine (C=N–C) groups is 1. The zero-order valence-electron chi connectivity index (χ0n) is 10.3. The number of guanidine groups is 1. The predicted molar refractivity (Wildman–Crippen MR) is 63.9 cm³/mol. The van der Waals surface area contributed by atoms with Crippen LogP contribution in [0.25, 0.3) is 0 Å². The summed E-state index contributed by atoms with van der Waals surface area (Å²) in [5, 5.41) is 5.81. The Kier molecular flexibility index (Phi) is 7.68. The van der Waals surface area contributed by atoms with Crippen molar-refractivity contribution in [2.45, 2.75) is 40.0 Å². The van der Waals surface area contributed by atoms with Crippen molar-refractivity contribution >= 4 is 11.9 Å². The normalized spacial score (nSPS) is 11.7. The summed E-state index contributed by atoms with van der Waals surface area (Å²) in [6, 6.07) is 0. The van der Waals surface area contributed by atoms with E-state index in [2.05, 4.69) is 29.5 Å². The van der Waals surface area contributed by atoms with Gasteiger partial charge in [0.15, 0.2) is 5.96 Å². The number of carbonyl (C=O) groups is 1. The number of hydrogen-bond acceptors (Lipinski definition) is 2. The maximum absolute atomic E-state index is 11.1. The van der Waals surface area contributed by atoms with Gasteiger partial charge in [0.05, 0.1) is 0 Å². The molecule has 0 bridgehead atoms. The molecule has 0 aromatic carbocycles. The molecule has 0 aliphatic rings. The van der Waals surface area contributed by atoms with Crippen molar-refractivity contribution in [3.05, 3.63) is 0 Å². The minimum atomic E-state index is -0.00744. The summed E-state index contributed by atoms with van der Waals surface area (Å²) in [4.78, 5) is 15.1. The monoisotopic (exact) mass is 213 g/mol. The molecule has 0 saturated heterocycles. The van der Waals surface area contributed by atoms with Crippen LogP contribution in [0.15, 0.2) is 4.99 Å². The van der Waals surface area contributed by atoms with Crippen LogP contribution in [0.2, 0.25) is 0 Å². The van der Waals surface area contributed by atoms with Gasteiger partial charge in [-0.25, -0.2) is 0 Å². The first-order chi connectivity index (χ1) is 7.10. The van der Waals surface area contributed by atoms with Gasteiger partial charge in [-0.2, -0.15) is 0 Å². The lowest BCUT2D eigenvalue weighted by Crippen LogP contribution is -2.41. The second kappa shape index (κ2) is 8.26. The molecule has 0 rings (SSSR count). The number of rotatable bonds is 5. The minimum absolute atomic E-state index is 0.00744. The molecular weight excluding hydrogens is 190 g/mol. The van der Waals surface area contributed by atoms with Crippen LogP contribution < -0.4 is 10.6 Å². The molecule has 0 aliphatic heterocycles. The SMILES string of the molecule is CCC(=O)NC(=NC)NCCCC(C)C. The third-order valence-electron chi connectivity index (χ3n) is 2.05. The first-order valence-corrected chi connectivity index (χ1v) is 5.60. The Morgan fingerprint density at radius 2 is 2.07 bits per heavy atom. The third-order valence-corrected chi connectivity index (χ3v) is 2.05. The summed E-state index contributed by atoms with van der Waals surface area (Å²) in [5.41, 5.74) is 0. The van der Waals surface area contributed by atoms with Crippen molar-refractivity contribution in [1.29, 1.82) is 0 Å². The molecule has 0 aliphatic carbocycles. The van der Waals surface area contributed by atoms with E-state index in [1.165, 1.54) is 6.42 Å². The molecule has 0 aromatic rings. The van der Waals surface area contributed by atoms with Gasteiger partial charge in [0.2, 0.25) is 5.91 Å². The van der Waals surface area contributed by atoms with Gasteiger partial charge in [0.25, 0.3) is 0 Å². The quantitative estimate of drug-likeness (QED) is 0.413. The average Bonchev–Trinajstić information content (AvgIpc) is 2.21. The van der Waals surface area contributed by atoms with E-state index < -0.39 is 0 Å². The Morgan fingerprint density at radius 3 is 2.53 bits per heavy atom. The lowest BCUT2D eigenvalue weighted by molar-refractivity contribution is -0.119. The zero-order valence-corrected chi connectivity index (χ0v) is 10.3. The summed E-state index contributed by atoms with van der Waals surface area (Å²) < 4.78 is 0. The fraction of sp³-hybridized carbons (Fsp3) is 0.818. The summed E-state index contributed by atoms with van der Waals surface area (Å²) in [6.07, 6.45) is 2.76. The van der Waals surface area contributed by atoms with Crippen LogP contribution in [0, 0.1) is 5.92 Å². The van der Waals surface area contributed by atoms with Crippen molar-refractivity contribution in [3.8, 4) is 0 Å². The average molecular weight is 213 g/mol. The molecule has 2 N–H and O–H groups in total. The van der Waals surface area contributed by atoms with E-state index in [0.29, 0.717) is 12.4 Å². The molecule has 0 atom stereocenters. The standard InChI is InChI=1S/C11H23N3O/c1-5-10(15)14-11(12-4)13-8-6-7-9(2)3/h9H,5-8H2,1-4H3,(H2,12,13,14,15). The van der Waals surface area contributed by atoms with E-state index >= 15 is 0 Å². The molecule has 0 radical (unpaired) electrons. The number of nitrogens with one attached hydrogen (secondary N) is 2. The number of hydrogen-bond donors (Lipinski definition) is 2. The van der Waals surface area contributed by atoms with Gasteiger partial charge in [-0.15, -0.1) is 0 Å². The van der Waals surface area contributed by atoms with Gasteiger partial charge in [-0.1, -0.05) is 20.8 Å². The highest BCUT2D eigenvalue weighted by Crippen LogP contribution is 2.01. The summed E-state index contributed by atoms with van der Waals surface area (Å²) in [5.74, 6) is 1.29. The highest BCUT2D eigenvalue weighted by molar-refractivity contribution is 5.96. The second-order valence-corrected chi connectivity index (χ2v) is 3.94. The number of amides is 1. The predicted octanol–water partition coefficient (Wildman–Crippen LogP) is 1.52. The Morgan fingerprint density at radius 1 is 1.40 bits per heavy atom. The molecule has 0 aromatic heterocycles. The van der Waals surface area contributed by atoms with Crippen LogP contribution in [0.5, 0.6) is 0 Å². The van der Waals surface area contributed by atoms with E-state index in [1.54, 1.807) is 7.05 Å². The van der Waals surface area contributed by atoms with Crippen molar-refractivity contribution < 1.29 is 4.79 Å². The van der Waals surface area contributed by atoms with E-state index in [0.717, 1.165) is 18.9 Å². The zero-order chi connectivity index (χ0) is 11.7. The van der Waals surface area contributed by atoms with Crippen LogP contribution >= 0.6 is 0 Å². The van der Waals surface area contributed by atoms with E-state index in [1.807, 2.05) is 6.92 Å². The van der Waals surface area contributed by atoms with Gasteiger partial charge in [-0.05, 0) is 18.8 Å². The summed E-state index contributed by atoms with van der Waals surface area (Å²) in [7, 11) is 1.67. The molecule has 0 saturated carbocycles. The maximum atomic E-state index is 11.1. The Hall–Kier alpha value is -1.06. The van der Waals surface area contributed by atoms with Crippen molar-refractivity contribution in [1.82, 2.24) is 10.6 Å². The van der Waals surface area contributed by atoms with Crippen LogP contribution in [-0.4, -0.2) is 25.5 Å². The van der Waals surface area contributed by atoms with Gasteiger partial charge in [-0.3, -0.25) is 15.1 Å². The lowest BCUT2D eigenvalue weighted by atomic mass is 10.1. The molecule has 0 fully saturated rings. The maximum Gasteiger partial charge on any atom is 0.226 e. The first kappa shape index (κ1) is 13.9.